The summed E-state index contributed by atoms with van der Waals surface area (Å²) in [5, 5.41) is 8.70. The summed E-state index contributed by atoms with van der Waals surface area (Å²) >= 11 is 0. The third kappa shape index (κ3) is 3.59. The zero-order valence-corrected chi connectivity index (χ0v) is 14.6. The Labute approximate surface area is 152 Å². The first kappa shape index (κ1) is 16.7. The van der Waals surface area contributed by atoms with Gasteiger partial charge in [0.1, 0.15) is 5.82 Å². The van der Waals surface area contributed by atoms with E-state index < -0.39 is 0 Å². The molecule has 4 rings (SSSR count). The number of anilines is 1. The Bertz CT molecular complexity index is 826. The number of nitrogens with zero attached hydrogens (tertiary/aromatic N) is 4. The standard InChI is InChI=1S/C20H21FN4O/c21-17-7-4-15(5-8-17)6-9-20(26)25-12-10-24(11-13-25)19-14-16-2-1-3-18(16)22-23-19/h4-9,14H,1-3,10-13H2/b9-6+. The normalized spacial score (nSPS) is 17.0. The van der Waals surface area contributed by atoms with Crippen LogP contribution in [0.4, 0.5) is 10.2 Å². The zero-order valence-electron chi connectivity index (χ0n) is 14.6. The van der Waals surface area contributed by atoms with Crippen molar-refractivity contribution in [2.24, 2.45) is 0 Å². The number of aryl methyl sites for hydroxylation is 2. The Morgan fingerprint density at radius 2 is 1.81 bits per heavy atom. The van der Waals surface area contributed by atoms with Crippen molar-refractivity contribution in [3.63, 3.8) is 0 Å². The molecule has 1 aromatic heterocycles. The molecule has 0 N–H and O–H groups in total. The number of hydrogen-bond donors (Lipinski definition) is 0. The molecule has 0 bridgehead atoms. The van der Waals surface area contributed by atoms with E-state index in [-0.39, 0.29) is 11.7 Å². The number of aromatic nitrogens is 2. The Balaban J connectivity index is 1.34. The minimum Gasteiger partial charge on any atom is -0.352 e. The number of fused-ring (bicyclic) bond motifs is 1. The molecule has 26 heavy (non-hydrogen) atoms. The van der Waals surface area contributed by atoms with Gasteiger partial charge in [-0.3, -0.25) is 4.79 Å². The van der Waals surface area contributed by atoms with Gasteiger partial charge < -0.3 is 9.80 Å². The van der Waals surface area contributed by atoms with E-state index in [0.29, 0.717) is 13.1 Å². The van der Waals surface area contributed by atoms with Crippen LogP contribution in [0, 0.1) is 5.82 Å². The lowest BCUT2D eigenvalue weighted by atomic mass is 10.2. The summed E-state index contributed by atoms with van der Waals surface area (Å²) in [6, 6.07) is 8.25. The molecule has 0 spiro atoms. The summed E-state index contributed by atoms with van der Waals surface area (Å²) in [7, 11) is 0. The monoisotopic (exact) mass is 352 g/mol. The highest BCUT2D eigenvalue weighted by Crippen LogP contribution is 2.23. The minimum absolute atomic E-state index is 0.0194. The molecule has 1 aromatic carbocycles. The van der Waals surface area contributed by atoms with Crippen LogP contribution in [-0.2, 0) is 17.6 Å². The second kappa shape index (κ2) is 7.23. The first-order chi connectivity index (χ1) is 12.7. The number of rotatable bonds is 3. The van der Waals surface area contributed by atoms with Crippen molar-refractivity contribution in [2.45, 2.75) is 19.3 Å². The fourth-order valence-corrected chi connectivity index (χ4v) is 3.47. The summed E-state index contributed by atoms with van der Waals surface area (Å²) < 4.78 is 12.9. The number of carbonyl (C=O) groups excluding carboxylic acids is 1. The lowest BCUT2D eigenvalue weighted by Crippen LogP contribution is -2.48. The maximum Gasteiger partial charge on any atom is 0.246 e. The number of halogens is 1. The number of benzene rings is 1. The van der Waals surface area contributed by atoms with Gasteiger partial charge in [0.25, 0.3) is 0 Å². The molecule has 0 unspecified atom stereocenters. The second-order valence-electron chi connectivity index (χ2n) is 6.73. The van der Waals surface area contributed by atoms with E-state index in [4.69, 9.17) is 0 Å². The summed E-state index contributed by atoms with van der Waals surface area (Å²) in [5.41, 5.74) is 3.26. The lowest BCUT2D eigenvalue weighted by Gasteiger charge is -2.34. The highest BCUT2D eigenvalue weighted by atomic mass is 19.1. The summed E-state index contributed by atoms with van der Waals surface area (Å²) in [6.07, 6.45) is 6.56. The Hall–Kier alpha value is -2.76. The zero-order chi connectivity index (χ0) is 17.9. The van der Waals surface area contributed by atoms with Crippen LogP contribution in [-0.4, -0.2) is 47.2 Å². The third-order valence-corrected chi connectivity index (χ3v) is 5.01. The molecule has 6 heteroatoms. The van der Waals surface area contributed by atoms with Gasteiger partial charge in [0, 0.05) is 32.3 Å². The molecule has 0 atom stereocenters. The lowest BCUT2D eigenvalue weighted by molar-refractivity contribution is -0.126. The van der Waals surface area contributed by atoms with Crippen molar-refractivity contribution in [2.75, 3.05) is 31.1 Å². The van der Waals surface area contributed by atoms with Crippen molar-refractivity contribution in [3.8, 4) is 0 Å². The van der Waals surface area contributed by atoms with Gasteiger partial charge in [-0.05, 0) is 54.7 Å². The van der Waals surface area contributed by atoms with Crippen LogP contribution >= 0.6 is 0 Å². The van der Waals surface area contributed by atoms with Crippen LogP contribution in [0.15, 0.2) is 36.4 Å². The molecule has 2 aliphatic rings. The molecular formula is C20H21FN4O. The van der Waals surface area contributed by atoms with Crippen LogP contribution in [0.2, 0.25) is 0 Å². The fourth-order valence-electron chi connectivity index (χ4n) is 3.47. The molecule has 0 saturated carbocycles. The van der Waals surface area contributed by atoms with Gasteiger partial charge in [-0.1, -0.05) is 12.1 Å². The van der Waals surface area contributed by atoms with E-state index >= 15 is 0 Å². The van der Waals surface area contributed by atoms with Crippen LogP contribution in [0.25, 0.3) is 6.08 Å². The quantitative estimate of drug-likeness (QED) is 0.797. The van der Waals surface area contributed by atoms with Gasteiger partial charge in [0.2, 0.25) is 5.91 Å². The maximum atomic E-state index is 12.9. The Kier molecular flexibility index (Phi) is 4.65. The molecular weight excluding hydrogens is 331 g/mol. The van der Waals surface area contributed by atoms with Gasteiger partial charge in [0.15, 0.2) is 5.82 Å². The number of hydrogen-bond acceptors (Lipinski definition) is 4. The van der Waals surface area contributed by atoms with Crippen LogP contribution < -0.4 is 4.90 Å². The molecule has 0 radical (unpaired) electrons. The average molecular weight is 352 g/mol. The maximum absolute atomic E-state index is 12.9. The SMILES string of the molecule is O=C(/C=C/c1ccc(F)cc1)N1CCN(c2cc3c(nn2)CCC3)CC1. The van der Waals surface area contributed by atoms with E-state index in [0.717, 1.165) is 49.4 Å². The topological polar surface area (TPSA) is 49.3 Å². The van der Waals surface area contributed by atoms with Gasteiger partial charge in [-0.2, -0.15) is 5.10 Å². The molecule has 2 aromatic rings. The molecule has 1 saturated heterocycles. The van der Waals surface area contributed by atoms with Crippen molar-refractivity contribution < 1.29 is 9.18 Å². The highest BCUT2D eigenvalue weighted by molar-refractivity contribution is 5.91. The third-order valence-electron chi connectivity index (χ3n) is 5.01. The molecule has 1 aliphatic carbocycles. The van der Waals surface area contributed by atoms with Gasteiger partial charge in [-0.15, -0.1) is 5.10 Å². The summed E-state index contributed by atoms with van der Waals surface area (Å²) in [5.74, 6) is 0.618. The van der Waals surface area contributed by atoms with Crippen LogP contribution in [0.3, 0.4) is 0 Å². The predicted octanol–water partition coefficient (Wildman–Crippen LogP) is 2.47. The summed E-state index contributed by atoms with van der Waals surface area (Å²) in [6.45, 7) is 2.82. The van der Waals surface area contributed by atoms with Crippen LogP contribution in [0.5, 0.6) is 0 Å². The van der Waals surface area contributed by atoms with E-state index in [2.05, 4.69) is 21.2 Å². The van der Waals surface area contributed by atoms with E-state index in [9.17, 15) is 9.18 Å². The number of amides is 1. The van der Waals surface area contributed by atoms with Gasteiger partial charge >= 0.3 is 0 Å². The van der Waals surface area contributed by atoms with E-state index in [1.54, 1.807) is 24.3 Å². The highest BCUT2D eigenvalue weighted by Gasteiger charge is 2.22. The Morgan fingerprint density at radius 1 is 1.04 bits per heavy atom. The van der Waals surface area contributed by atoms with Crippen molar-refractivity contribution in [1.82, 2.24) is 15.1 Å². The van der Waals surface area contributed by atoms with Gasteiger partial charge in [-0.25, -0.2) is 4.39 Å². The average Bonchev–Trinajstić information content (AvgIpc) is 3.15. The second-order valence-corrected chi connectivity index (χ2v) is 6.73. The molecule has 2 heterocycles. The molecule has 134 valence electrons. The first-order valence-electron chi connectivity index (χ1n) is 9.02. The molecule has 1 amide bonds. The number of piperazine rings is 1. The van der Waals surface area contributed by atoms with E-state index in [1.807, 2.05) is 4.90 Å². The molecule has 1 fully saturated rings. The van der Waals surface area contributed by atoms with Crippen molar-refractivity contribution in [3.05, 3.63) is 59.0 Å². The predicted molar refractivity (Wildman–Crippen MR) is 98.3 cm³/mol. The van der Waals surface area contributed by atoms with Crippen LogP contribution in [0.1, 0.15) is 23.2 Å². The largest absolute Gasteiger partial charge is 0.352 e. The molecule has 1 aliphatic heterocycles. The molecule has 5 nitrogen and oxygen atoms in total. The van der Waals surface area contributed by atoms with E-state index in [1.165, 1.54) is 17.7 Å². The smallest absolute Gasteiger partial charge is 0.246 e. The Morgan fingerprint density at radius 3 is 2.58 bits per heavy atom. The van der Waals surface area contributed by atoms with Crippen molar-refractivity contribution >= 4 is 17.8 Å². The van der Waals surface area contributed by atoms with Crippen molar-refractivity contribution in [1.29, 1.82) is 0 Å². The summed E-state index contributed by atoms with van der Waals surface area (Å²) in [4.78, 5) is 16.4. The number of carbonyl (C=O) groups is 1. The van der Waals surface area contributed by atoms with Gasteiger partial charge in [0.05, 0.1) is 5.69 Å². The minimum atomic E-state index is -0.278. The fraction of sp³-hybridized carbons (Fsp3) is 0.350. The first-order valence-corrected chi connectivity index (χ1v) is 9.02.